The molecular formula is C31H39N3O4S. The molecule has 3 aromatic rings. The topological polar surface area (TPSA) is 86.8 Å². The van der Waals surface area contributed by atoms with E-state index in [1.54, 1.807) is 37.3 Å². The molecule has 0 aliphatic carbocycles. The maximum Gasteiger partial charge on any atom is 0.264 e. The minimum Gasteiger partial charge on any atom is -0.350 e. The summed E-state index contributed by atoms with van der Waals surface area (Å²) >= 11 is 0. The van der Waals surface area contributed by atoms with Crippen molar-refractivity contribution in [3.63, 3.8) is 0 Å². The van der Waals surface area contributed by atoms with E-state index in [0.717, 1.165) is 26.6 Å². The van der Waals surface area contributed by atoms with Crippen molar-refractivity contribution in [3.8, 4) is 0 Å². The van der Waals surface area contributed by atoms with Crippen molar-refractivity contribution in [1.82, 2.24) is 10.2 Å². The summed E-state index contributed by atoms with van der Waals surface area (Å²) in [5.74, 6) is -0.791. The van der Waals surface area contributed by atoms with Crippen LogP contribution in [0.3, 0.4) is 0 Å². The highest BCUT2D eigenvalue weighted by molar-refractivity contribution is 7.92. The smallest absolute Gasteiger partial charge is 0.264 e. The molecule has 0 aromatic heterocycles. The van der Waals surface area contributed by atoms with Crippen LogP contribution in [0.25, 0.3) is 0 Å². The van der Waals surface area contributed by atoms with Gasteiger partial charge in [0, 0.05) is 12.1 Å². The highest BCUT2D eigenvalue weighted by Gasteiger charge is 2.33. The van der Waals surface area contributed by atoms with Crippen LogP contribution in [0.15, 0.2) is 77.7 Å². The van der Waals surface area contributed by atoms with E-state index in [2.05, 4.69) is 5.32 Å². The number of carbonyl (C=O) groups excluding carboxylic acids is 2. The van der Waals surface area contributed by atoms with Gasteiger partial charge in [-0.1, -0.05) is 48.5 Å². The Kier molecular flexibility index (Phi) is 9.22. The standard InChI is InChI=1S/C31H39N3O4S/c1-22-17-18-27(19-24(22)3)34(39(37,38)28-15-9-8-10-16-28)21-29(35)33(20-26-14-12-11-13-23(26)2)25(4)30(36)32-31(5,6)7/h8-19,25H,20-21H2,1-7H3,(H,32,36)/t25-/m0/s1. The second-order valence-corrected chi connectivity index (χ2v) is 12.8. The van der Waals surface area contributed by atoms with Crippen LogP contribution in [-0.4, -0.2) is 43.3 Å². The molecule has 0 saturated carbocycles. The van der Waals surface area contributed by atoms with E-state index in [-0.39, 0.29) is 17.3 Å². The highest BCUT2D eigenvalue weighted by Crippen LogP contribution is 2.26. The highest BCUT2D eigenvalue weighted by atomic mass is 32.2. The van der Waals surface area contributed by atoms with Crippen molar-refractivity contribution in [1.29, 1.82) is 0 Å². The van der Waals surface area contributed by atoms with Crippen molar-refractivity contribution in [2.24, 2.45) is 0 Å². The van der Waals surface area contributed by atoms with Gasteiger partial charge >= 0.3 is 0 Å². The zero-order valence-corrected chi connectivity index (χ0v) is 24.7. The molecule has 3 rings (SSSR count). The molecule has 0 bridgehead atoms. The number of nitrogens with one attached hydrogen (secondary N) is 1. The summed E-state index contributed by atoms with van der Waals surface area (Å²) in [5.41, 5.74) is 3.66. The number of aryl methyl sites for hydroxylation is 3. The second-order valence-electron chi connectivity index (χ2n) is 11.0. The Morgan fingerprint density at radius 2 is 1.46 bits per heavy atom. The third-order valence-electron chi connectivity index (χ3n) is 6.66. The Labute approximate surface area is 232 Å². The molecule has 1 atom stereocenters. The number of hydrogen-bond donors (Lipinski definition) is 1. The van der Waals surface area contributed by atoms with Crippen LogP contribution >= 0.6 is 0 Å². The summed E-state index contributed by atoms with van der Waals surface area (Å²) < 4.78 is 28.9. The van der Waals surface area contributed by atoms with Gasteiger partial charge in [0.05, 0.1) is 10.6 Å². The number of sulfonamides is 1. The summed E-state index contributed by atoms with van der Waals surface area (Å²) in [6.07, 6.45) is 0. The number of anilines is 1. The summed E-state index contributed by atoms with van der Waals surface area (Å²) in [4.78, 5) is 28.8. The normalized spacial score (nSPS) is 12.5. The van der Waals surface area contributed by atoms with Crippen molar-refractivity contribution in [2.45, 2.75) is 71.5 Å². The van der Waals surface area contributed by atoms with Gasteiger partial charge in [0.1, 0.15) is 12.6 Å². The second kappa shape index (κ2) is 12.0. The van der Waals surface area contributed by atoms with E-state index >= 15 is 0 Å². The Morgan fingerprint density at radius 3 is 2.05 bits per heavy atom. The molecule has 1 N–H and O–H groups in total. The van der Waals surface area contributed by atoms with Gasteiger partial charge in [0.25, 0.3) is 10.0 Å². The van der Waals surface area contributed by atoms with E-state index in [1.807, 2.05) is 71.9 Å². The van der Waals surface area contributed by atoms with Crippen LogP contribution in [0, 0.1) is 20.8 Å². The minimum absolute atomic E-state index is 0.0833. The number of carbonyl (C=O) groups is 2. The number of benzene rings is 3. The lowest BCUT2D eigenvalue weighted by atomic mass is 10.1. The van der Waals surface area contributed by atoms with Crippen molar-refractivity contribution in [3.05, 3.63) is 95.1 Å². The molecule has 2 amide bonds. The van der Waals surface area contributed by atoms with Gasteiger partial charge in [0.2, 0.25) is 11.8 Å². The van der Waals surface area contributed by atoms with Crippen molar-refractivity contribution in [2.75, 3.05) is 10.8 Å². The third kappa shape index (κ3) is 7.47. The maximum atomic E-state index is 14.0. The lowest BCUT2D eigenvalue weighted by molar-refractivity contribution is -0.140. The fraction of sp³-hybridized carbons (Fsp3) is 0.355. The molecule has 0 unspecified atom stereocenters. The van der Waals surface area contributed by atoms with Gasteiger partial charge in [-0.2, -0.15) is 0 Å². The summed E-state index contributed by atoms with van der Waals surface area (Å²) in [5, 5.41) is 2.94. The molecule has 0 radical (unpaired) electrons. The Hall–Kier alpha value is -3.65. The average Bonchev–Trinajstić information content (AvgIpc) is 2.87. The molecule has 8 heteroatoms. The number of amides is 2. The van der Waals surface area contributed by atoms with E-state index in [9.17, 15) is 18.0 Å². The summed E-state index contributed by atoms with van der Waals surface area (Å²) in [7, 11) is -4.08. The van der Waals surface area contributed by atoms with Gasteiger partial charge < -0.3 is 10.2 Å². The number of hydrogen-bond acceptors (Lipinski definition) is 4. The fourth-order valence-electron chi connectivity index (χ4n) is 4.16. The lowest BCUT2D eigenvalue weighted by Crippen LogP contribution is -2.54. The van der Waals surface area contributed by atoms with Crippen LogP contribution in [0.4, 0.5) is 5.69 Å². The van der Waals surface area contributed by atoms with Gasteiger partial charge in [-0.25, -0.2) is 8.42 Å². The van der Waals surface area contributed by atoms with Crippen LogP contribution in [0.2, 0.25) is 0 Å². The monoisotopic (exact) mass is 549 g/mol. The first-order valence-corrected chi connectivity index (χ1v) is 14.5. The quantitative estimate of drug-likeness (QED) is 0.401. The molecule has 0 fully saturated rings. The zero-order chi connectivity index (χ0) is 29.0. The summed E-state index contributed by atoms with van der Waals surface area (Å²) in [6.45, 7) is 12.8. The Bertz CT molecular complexity index is 1430. The van der Waals surface area contributed by atoms with E-state index in [1.165, 1.54) is 17.0 Å². The molecule has 208 valence electrons. The van der Waals surface area contributed by atoms with E-state index in [0.29, 0.717) is 5.69 Å². The Balaban J connectivity index is 2.06. The number of rotatable bonds is 9. The molecule has 0 aliphatic heterocycles. The van der Waals surface area contributed by atoms with Crippen molar-refractivity contribution < 1.29 is 18.0 Å². The molecule has 0 spiro atoms. The van der Waals surface area contributed by atoms with Gasteiger partial charge in [-0.15, -0.1) is 0 Å². The van der Waals surface area contributed by atoms with Crippen LogP contribution in [0.1, 0.15) is 49.9 Å². The lowest BCUT2D eigenvalue weighted by Gasteiger charge is -2.34. The number of nitrogens with zero attached hydrogens (tertiary/aromatic N) is 2. The molecule has 39 heavy (non-hydrogen) atoms. The van der Waals surface area contributed by atoms with Crippen molar-refractivity contribution >= 4 is 27.5 Å². The molecule has 7 nitrogen and oxygen atoms in total. The molecular weight excluding hydrogens is 510 g/mol. The predicted octanol–water partition coefficient (Wildman–Crippen LogP) is 5.14. The summed E-state index contributed by atoms with van der Waals surface area (Å²) in [6, 6.07) is 20.2. The van der Waals surface area contributed by atoms with Gasteiger partial charge in [-0.3, -0.25) is 13.9 Å². The first kappa shape index (κ1) is 29.9. The van der Waals surface area contributed by atoms with E-state index < -0.39 is 34.1 Å². The van der Waals surface area contributed by atoms with Crippen LogP contribution < -0.4 is 9.62 Å². The maximum absolute atomic E-state index is 14.0. The Morgan fingerprint density at radius 1 is 0.846 bits per heavy atom. The molecule has 0 saturated heterocycles. The average molecular weight is 550 g/mol. The van der Waals surface area contributed by atoms with E-state index in [4.69, 9.17) is 0 Å². The predicted molar refractivity (Wildman–Crippen MR) is 156 cm³/mol. The fourth-order valence-corrected chi connectivity index (χ4v) is 5.58. The van der Waals surface area contributed by atoms with Crippen LogP contribution in [-0.2, 0) is 26.2 Å². The molecule has 0 heterocycles. The van der Waals surface area contributed by atoms with Gasteiger partial charge in [-0.05, 0) is 95.0 Å². The minimum atomic E-state index is -4.08. The molecule has 3 aromatic carbocycles. The molecule has 0 aliphatic rings. The first-order chi connectivity index (χ1) is 18.2. The van der Waals surface area contributed by atoms with Crippen LogP contribution in [0.5, 0.6) is 0 Å². The largest absolute Gasteiger partial charge is 0.350 e. The van der Waals surface area contributed by atoms with Gasteiger partial charge in [0.15, 0.2) is 0 Å². The third-order valence-corrected chi connectivity index (χ3v) is 8.44. The SMILES string of the molecule is Cc1ccc(N(CC(=O)N(Cc2ccccc2C)[C@@H](C)C(=O)NC(C)(C)C)S(=O)(=O)c2ccccc2)cc1C. The first-order valence-electron chi connectivity index (χ1n) is 13.0. The zero-order valence-electron chi connectivity index (χ0n) is 23.9.